The van der Waals surface area contributed by atoms with Gasteiger partial charge in [-0.1, -0.05) is 32.9 Å². The first-order chi connectivity index (χ1) is 8.30. The Morgan fingerprint density at radius 1 is 1.28 bits per heavy atom. The number of carboxylic acid groups (broad SMARTS) is 1. The van der Waals surface area contributed by atoms with E-state index >= 15 is 0 Å². The molecule has 4 nitrogen and oxygen atoms in total. The van der Waals surface area contributed by atoms with E-state index in [-0.39, 0.29) is 16.5 Å². The van der Waals surface area contributed by atoms with Crippen molar-refractivity contribution in [2.24, 2.45) is 0 Å². The molecule has 0 aliphatic carbocycles. The van der Waals surface area contributed by atoms with Crippen molar-refractivity contribution >= 4 is 16.9 Å². The molecule has 2 N–H and O–H groups in total. The molecule has 0 fully saturated rings. The molecule has 2 rings (SSSR count). The number of para-hydroxylation sites is 1. The summed E-state index contributed by atoms with van der Waals surface area (Å²) in [6.07, 6.45) is 0. The first-order valence-electron chi connectivity index (χ1n) is 5.70. The van der Waals surface area contributed by atoms with Gasteiger partial charge < -0.3 is 10.1 Å². The second kappa shape index (κ2) is 3.98. The minimum Gasteiger partial charge on any atom is -0.477 e. The fourth-order valence-corrected chi connectivity index (χ4v) is 2.01. The Hall–Kier alpha value is -2.10. The van der Waals surface area contributed by atoms with Crippen LogP contribution in [-0.2, 0) is 5.41 Å². The third kappa shape index (κ3) is 2.01. The fraction of sp³-hybridized carbons (Fsp3) is 0.286. The molecule has 0 radical (unpaired) electrons. The Kier molecular flexibility index (Phi) is 2.73. The smallest absolute Gasteiger partial charge is 0.352 e. The highest BCUT2D eigenvalue weighted by Gasteiger charge is 2.19. The second-order valence-corrected chi connectivity index (χ2v) is 5.33. The van der Waals surface area contributed by atoms with Gasteiger partial charge in [0.1, 0.15) is 5.69 Å². The van der Waals surface area contributed by atoms with Crippen molar-refractivity contribution in [3.05, 3.63) is 45.7 Å². The molecular formula is C14H15NO3. The summed E-state index contributed by atoms with van der Waals surface area (Å²) in [7, 11) is 0. The van der Waals surface area contributed by atoms with E-state index in [0.717, 1.165) is 11.6 Å². The Labute approximate surface area is 104 Å². The fourth-order valence-electron chi connectivity index (χ4n) is 2.01. The van der Waals surface area contributed by atoms with E-state index in [1.807, 2.05) is 32.9 Å². The molecular weight excluding hydrogens is 230 g/mol. The maximum absolute atomic E-state index is 11.9. The largest absolute Gasteiger partial charge is 0.477 e. The number of H-pyrrole nitrogens is 1. The van der Waals surface area contributed by atoms with Gasteiger partial charge in [-0.25, -0.2) is 4.79 Å². The number of nitrogens with one attached hydrogen (secondary N) is 1. The molecule has 1 heterocycles. The average molecular weight is 245 g/mol. The van der Waals surface area contributed by atoms with E-state index < -0.39 is 5.97 Å². The molecule has 2 aromatic rings. The Morgan fingerprint density at radius 3 is 2.50 bits per heavy atom. The van der Waals surface area contributed by atoms with E-state index in [4.69, 9.17) is 5.11 Å². The number of hydrogen-bond acceptors (Lipinski definition) is 2. The molecule has 0 saturated carbocycles. The van der Waals surface area contributed by atoms with Gasteiger partial charge in [-0.15, -0.1) is 0 Å². The van der Waals surface area contributed by atoms with Gasteiger partial charge in [0, 0.05) is 11.5 Å². The molecule has 0 spiro atoms. The topological polar surface area (TPSA) is 70.2 Å². The number of carbonyl (C=O) groups is 1. The number of hydrogen-bond donors (Lipinski definition) is 2. The van der Waals surface area contributed by atoms with Gasteiger partial charge in [0.2, 0.25) is 0 Å². The highest BCUT2D eigenvalue weighted by Crippen LogP contribution is 2.27. The van der Waals surface area contributed by atoms with Crippen molar-refractivity contribution in [2.45, 2.75) is 26.2 Å². The molecule has 0 bridgehead atoms. The third-order valence-corrected chi connectivity index (χ3v) is 2.90. The van der Waals surface area contributed by atoms with Crippen molar-refractivity contribution in [3.8, 4) is 0 Å². The first kappa shape index (κ1) is 12.4. The lowest BCUT2D eigenvalue weighted by Crippen LogP contribution is -2.16. The lowest BCUT2D eigenvalue weighted by atomic mass is 9.85. The van der Waals surface area contributed by atoms with Crippen molar-refractivity contribution in [2.75, 3.05) is 0 Å². The molecule has 18 heavy (non-hydrogen) atoms. The minimum atomic E-state index is -1.13. The number of pyridine rings is 1. The molecule has 1 aromatic carbocycles. The van der Waals surface area contributed by atoms with E-state index in [1.165, 1.54) is 0 Å². The minimum absolute atomic E-state index is 0.0794. The van der Waals surface area contributed by atoms with Crippen LogP contribution in [0.15, 0.2) is 29.1 Å². The second-order valence-electron chi connectivity index (χ2n) is 5.33. The molecule has 0 amide bonds. The summed E-state index contributed by atoms with van der Waals surface area (Å²) in [6.45, 7) is 6.06. The maximum Gasteiger partial charge on any atom is 0.352 e. The van der Waals surface area contributed by atoms with Crippen molar-refractivity contribution in [1.82, 2.24) is 4.98 Å². The first-order valence-corrected chi connectivity index (χ1v) is 5.70. The van der Waals surface area contributed by atoms with E-state index in [1.54, 1.807) is 6.07 Å². The van der Waals surface area contributed by atoms with Crippen LogP contribution < -0.4 is 5.43 Å². The highest BCUT2D eigenvalue weighted by molar-refractivity contribution is 5.91. The van der Waals surface area contributed by atoms with Crippen LogP contribution in [0.3, 0.4) is 0 Å². The van der Waals surface area contributed by atoms with Crippen LogP contribution in [0, 0.1) is 0 Å². The lowest BCUT2D eigenvalue weighted by Gasteiger charge is -2.21. The van der Waals surface area contributed by atoms with Crippen LogP contribution in [0.5, 0.6) is 0 Å². The number of aromatic nitrogens is 1. The summed E-state index contributed by atoms with van der Waals surface area (Å²) in [6, 6.07) is 6.55. The average Bonchev–Trinajstić information content (AvgIpc) is 2.26. The van der Waals surface area contributed by atoms with Crippen molar-refractivity contribution < 1.29 is 9.90 Å². The summed E-state index contributed by atoms with van der Waals surface area (Å²) in [5.74, 6) is -1.13. The predicted octanol–water partition coefficient (Wildman–Crippen LogP) is 2.52. The maximum atomic E-state index is 11.9. The van der Waals surface area contributed by atoms with E-state index in [0.29, 0.717) is 10.9 Å². The summed E-state index contributed by atoms with van der Waals surface area (Å²) in [5, 5.41) is 9.51. The third-order valence-electron chi connectivity index (χ3n) is 2.90. The van der Waals surface area contributed by atoms with Crippen LogP contribution >= 0.6 is 0 Å². The molecule has 0 aliphatic heterocycles. The number of carboxylic acids is 1. The molecule has 0 aliphatic rings. The normalized spacial score (nSPS) is 11.7. The highest BCUT2D eigenvalue weighted by atomic mass is 16.4. The summed E-state index contributed by atoms with van der Waals surface area (Å²) in [4.78, 5) is 25.7. The lowest BCUT2D eigenvalue weighted by molar-refractivity contribution is 0.0691. The number of rotatable bonds is 1. The predicted molar refractivity (Wildman–Crippen MR) is 70.2 cm³/mol. The summed E-state index contributed by atoms with van der Waals surface area (Å²) in [5.41, 5.74) is 1.02. The van der Waals surface area contributed by atoms with Crippen LogP contribution in [0.4, 0.5) is 0 Å². The standard InChI is InChI=1S/C14H15NO3/c1-14(2,3)9-6-4-5-8-11(16)7-10(13(17)18)15-12(8)9/h4-7H,1-3H3,(H,15,16)(H,17,18). The van der Waals surface area contributed by atoms with Crippen molar-refractivity contribution in [1.29, 1.82) is 0 Å². The van der Waals surface area contributed by atoms with Gasteiger partial charge in [0.05, 0.1) is 5.52 Å². The van der Waals surface area contributed by atoms with Gasteiger partial charge in [-0.3, -0.25) is 4.79 Å². The summed E-state index contributed by atoms with van der Waals surface area (Å²) >= 11 is 0. The molecule has 0 atom stereocenters. The summed E-state index contributed by atoms with van der Waals surface area (Å²) < 4.78 is 0. The van der Waals surface area contributed by atoms with Crippen molar-refractivity contribution in [3.63, 3.8) is 0 Å². The van der Waals surface area contributed by atoms with Crippen LogP contribution in [0.25, 0.3) is 10.9 Å². The zero-order valence-electron chi connectivity index (χ0n) is 10.6. The number of aromatic amines is 1. The van der Waals surface area contributed by atoms with E-state index in [9.17, 15) is 9.59 Å². The Morgan fingerprint density at radius 2 is 1.94 bits per heavy atom. The Balaban J connectivity index is 2.91. The zero-order valence-corrected chi connectivity index (χ0v) is 10.6. The van der Waals surface area contributed by atoms with Crippen LogP contribution in [0.1, 0.15) is 36.8 Å². The zero-order chi connectivity index (χ0) is 13.5. The van der Waals surface area contributed by atoms with Gasteiger partial charge in [-0.2, -0.15) is 0 Å². The number of benzene rings is 1. The molecule has 4 heteroatoms. The van der Waals surface area contributed by atoms with Gasteiger partial charge in [-0.05, 0) is 17.0 Å². The van der Waals surface area contributed by atoms with E-state index in [2.05, 4.69) is 4.98 Å². The quantitative estimate of drug-likeness (QED) is 0.811. The van der Waals surface area contributed by atoms with Gasteiger partial charge >= 0.3 is 5.97 Å². The SMILES string of the molecule is CC(C)(C)c1cccc2c(=O)cc(C(=O)O)[nH]c12. The molecule has 1 aromatic heterocycles. The monoisotopic (exact) mass is 245 g/mol. The van der Waals surface area contributed by atoms with Crippen LogP contribution in [-0.4, -0.2) is 16.1 Å². The number of fused-ring (bicyclic) bond motifs is 1. The van der Waals surface area contributed by atoms with Gasteiger partial charge in [0.15, 0.2) is 5.43 Å². The van der Waals surface area contributed by atoms with Crippen LogP contribution in [0.2, 0.25) is 0 Å². The Bertz CT molecular complexity index is 677. The molecule has 0 saturated heterocycles. The molecule has 0 unspecified atom stereocenters. The van der Waals surface area contributed by atoms with Gasteiger partial charge in [0.25, 0.3) is 0 Å². The molecule has 94 valence electrons. The number of aromatic carboxylic acids is 1.